The smallest absolute Gasteiger partial charge is 0.261 e. The first-order valence-electron chi connectivity index (χ1n) is 8.17. The maximum atomic E-state index is 12.8. The van der Waals surface area contributed by atoms with E-state index in [0.717, 1.165) is 4.90 Å². The van der Waals surface area contributed by atoms with Gasteiger partial charge in [0.2, 0.25) is 5.91 Å². The highest BCUT2D eigenvalue weighted by Crippen LogP contribution is 2.36. The van der Waals surface area contributed by atoms with Crippen LogP contribution in [0, 0.1) is 0 Å². The van der Waals surface area contributed by atoms with E-state index in [1.165, 1.54) is 38.1 Å². The zero-order valence-corrected chi connectivity index (χ0v) is 16.7. The van der Waals surface area contributed by atoms with E-state index in [2.05, 4.69) is 10.0 Å². The lowest BCUT2D eigenvalue weighted by Crippen LogP contribution is -2.15. The van der Waals surface area contributed by atoms with Gasteiger partial charge in [-0.1, -0.05) is 6.92 Å². The lowest BCUT2D eigenvalue weighted by atomic mass is 10.3. The molecule has 0 aliphatic carbocycles. The number of thioether (sulfide) groups is 1. The molecule has 0 fully saturated rings. The van der Waals surface area contributed by atoms with E-state index in [1.807, 2.05) is 6.92 Å². The van der Waals surface area contributed by atoms with Crippen molar-refractivity contribution in [1.82, 2.24) is 0 Å². The van der Waals surface area contributed by atoms with Gasteiger partial charge in [0.05, 0.1) is 30.5 Å². The highest BCUT2D eigenvalue weighted by atomic mass is 32.2. The number of hydrogen-bond donors (Lipinski definition) is 2. The lowest BCUT2D eigenvalue weighted by Gasteiger charge is -2.13. The van der Waals surface area contributed by atoms with Crippen LogP contribution in [0.5, 0.6) is 11.5 Å². The fourth-order valence-electron chi connectivity index (χ4n) is 2.68. The van der Waals surface area contributed by atoms with E-state index in [0.29, 0.717) is 29.3 Å². The maximum Gasteiger partial charge on any atom is 0.261 e. The average Bonchev–Trinajstić information content (AvgIpc) is 2.76. The Balaban J connectivity index is 1.93. The summed E-state index contributed by atoms with van der Waals surface area (Å²) in [5, 5.41) is 2.90. The Bertz CT molecular complexity index is 953. The molecule has 1 atom stereocenters. The van der Waals surface area contributed by atoms with Gasteiger partial charge in [-0.15, -0.1) is 11.8 Å². The summed E-state index contributed by atoms with van der Waals surface area (Å²) in [7, 11) is -0.887. The molecule has 2 aromatic rings. The number of sulfonamides is 1. The first kappa shape index (κ1) is 19.4. The average molecular weight is 409 g/mol. The van der Waals surface area contributed by atoms with E-state index in [1.54, 1.807) is 24.3 Å². The molecule has 9 heteroatoms. The van der Waals surface area contributed by atoms with Crippen molar-refractivity contribution in [2.75, 3.05) is 24.3 Å². The summed E-state index contributed by atoms with van der Waals surface area (Å²) in [5.41, 5.74) is 0.814. The number of fused-ring (bicyclic) bond motifs is 1. The van der Waals surface area contributed by atoms with Gasteiger partial charge in [0.15, 0.2) is 0 Å². The molecule has 27 heavy (non-hydrogen) atoms. The van der Waals surface area contributed by atoms with Crippen molar-refractivity contribution < 1.29 is 22.7 Å². The number of benzene rings is 2. The van der Waals surface area contributed by atoms with Gasteiger partial charge in [-0.05, 0) is 18.2 Å². The van der Waals surface area contributed by atoms with Gasteiger partial charge in [0, 0.05) is 34.8 Å². The Labute approximate surface area is 162 Å². The number of hydrogen-bond acceptors (Lipinski definition) is 6. The van der Waals surface area contributed by atoms with E-state index >= 15 is 0 Å². The molecule has 0 unspecified atom stereocenters. The minimum absolute atomic E-state index is 0.0542. The Morgan fingerprint density at radius 1 is 1.11 bits per heavy atom. The van der Waals surface area contributed by atoms with Gasteiger partial charge >= 0.3 is 0 Å². The molecule has 0 bridgehead atoms. The van der Waals surface area contributed by atoms with Gasteiger partial charge in [0.25, 0.3) is 10.0 Å². The molecule has 0 radical (unpaired) electrons. The first-order valence-corrected chi connectivity index (χ1v) is 10.5. The monoisotopic (exact) mass is 408 g/mol. The number of amides is 1. The molecule has 1 heterocycles. The minimum Gasteiger partial charge on any atom is -0.497 e. The Kier molecular flexibility index (Phi) is 5.52. The molecule has 144 valence electrons. The van der Waals surface area contributed by atoms with Crippen LogP contribution < -0.4 is 19.5 Å². The molecule has 0 saturated heterocycles. The largest absolute Gasteiger partial charge is 0.497 e. The van der Waals surface area contributed by atoms with Crippen LogP contribution in [0.1, 0.15) is 13.3 Å². The molecule has 0 saturated carbocycles. The second kappa shape index (κ2) is 7.69. The van der Waals surface area contributed by atoms with Crippen LogP contribution in [0.4, 0.5) is 11.4 Å². The molecule has 2 N–H and O–H groups in total. The maximum absolute atomic E-state index is 12.8. The molecule has 1 amide bonds. The van der Waals surface area contributed by atoms with Crippen molar-refractivity contribution in [2.45, 2.75) is 28.4 Å². The summed E-state index contributed by atoms with van der Waals surface area (Å²) in [6, 6.07) is 9.47. The highest BCUT2D eigenvalue weighted by molar-refractivity contribution is 8.00. The topological polar surface area (TPSA) is 93.7 Å². The van der Waals surface area contributed by atoms with Crippen LogP contribution in [0.3, 0.4) is 0 Å². The summed E-state index contributed by atoms with van der Waals surface area (Å²) < 4.78 is 38.5. The molecular weight excluding hydrogens is 388 g/mol. The van der Waals surface area contributed by atoms with E-state index in [9.17, 15) is 13.2 Å². The van der Waals surface area contributed by atoms with Crippen molar-refractivity contribution in [3.63, 3.8) is 0 Å². The standard InChI is InChI=1S/C18H20N2O5S2/c1-11-6-18(21)19-16-10-15(4-5-17(16)26-11)27(22,23)20-12-7-13(24-2)9-14(8-12)25-3/h4-5,7-11,20H,6H2,1-3H3,(H,19,21)/t11-/m1/s1. The second-order valence-corrected chi connectivity index (χ2v) is 9.21. The number of carbonyl (C=O) groups excluding carboxylic acids is 1. The van der Waals surface area contributed by atoms with Crippen molar-refractivity contribution in [2.24, 2.45) is 0 Å². The molecular formula is C18H20N2O5S2. The van der Waals surface area contributed by atoms with Gasteiger partial charge < -0.3 is 14.8 Å². The molecule has 0 aromatic heterocycles. The summed E-state index contributed by atoms with van der Waals surface area (Å²) in [6.07, 6.45) is 0.378. The fraction of sp³-hybridized carbons (Fsp3) is 0.278. The van der Waals surface area contributed by atoms with Crippen molar-refractivity contribution in [3.8, 4) is 11.5 Å². The lowest BCUT2D eigenvalue weighted by molar-refractivity contribution is -0.116. The SMILES string of the molecule is COc1cc(NS(=O)(=O)c2ccc3c(c2)NC(=O)C[C@@H](C)S3)cc(OC)c1. The minimum atomic E-state index is -3.86. The quantitative estimate of drug-likeness (QED) is 0.788. The number of ether oxygens (including phenoxy) is 2. The summed E-state index contributed by atoms with van der Waals surface area (Å²) >= 11 is 1.54. The van der Waals surface area contributed by atoms with Crippen molar-refractivity contribution >= 4 is 39.1 Å². The second-order valence-electron chi connectivity index (χ2n) is 6.05. The van der Waals surface area contributed by atoms with Gasteiger partial charge in [-0.25, -0.2) is 8.42 Å². The normalized spacial score (nSPS) is 16.7. The molecule has 1 aliphatic rings. The third-order valence-corrected chi connectivity index (χ3v) is 6.50. The molecule has 7 nitrogen and oxygen atoms in total. The van der Waals surface area contributed by atoms with Crippen LogP contribution in [-0.2, 0) is 14.8 Å². The predicted molar refractivity (Wildman–Crippen MR) is 105 cm³/mol. The Morgan fingerprint density at radius 3 is 2.41 bits per heavy atom. The van der Waals surface area contributed by atoms with Crippen LogP contribution in [0.15, 0.2) is 46.2 Å². The van der Waals surface area contributed by atoms with Gasteiger partial charge in [-0.3, -0.25) is 9.52 Å². The number of rotatable bonds is 5. The van der Waals surface area contributed by atoms with Gasteiger partial charge in [0.1, 0.15) is 11.5 Å². The molecule has 2 aromatic carbocycles. The van der Waals surface area contributed by atoms with Crippen LogP contribution >= 0.6 is 11.8 Å². The van der Waals surface area contributed by atoms with E-state index in [4.69, 9.17) is 9.47 Å². The Morgan fingerprint density at radius 2 is 1.78 bits per heavy atom. The summed E-state index contributed by atoms with van der Waals surface area (Å²) in [4.78, 5) is 12.8. The number of carbonyl (C=O) groups is 1. The summed E-state index contributed by atoms with van der Waals surface area (Å²) in [6.45, 7) is 1.96. The molecule has 3 rings (SSSR count). The van der Waals surface area contributed by atoms with E-state index in [-0.39, 0.29) is 16.1 Å². The molecule has 0 spiro atoms. The van der Waals surface area contributed by atoms with Crippen molar-refractivity contribution in [1.29, 1.82) is 0 Å². The fourth-order valence-corrected chi connectivity index (χ4v) is 4.80. The number of nitrogens with one attached hydrogen (secondary N) is 2. The third kappa shape index (κ3) is 4.48. The van der Waals surface area contributed by atoms with Crippen LogP contribution in [-0.4, -0.2) is 33.8 Å². The highest BCUT2D eigenvalue weighted by Gasteiger charge is 2.22. The van der Waals surface area contributed by atoms with Crippen LogP contribution in [0.25, 0.3) is 0 Å². The van der Waals surface area contributed by atoms with Crippen LogP contribution in [0.2, 0.25) is 0 Å². The molecule has 1 aliphatic heterocycles. The predicted octanol–water partition coefficient (Wildman–Crippen LogP) is 3.33. The number of anilines is 2. The van der Waals surface area contributed by atoms with Gasteiger partial charge in [-0.2, -0.15) is 0 Å². The van der Waals surface area contributed by atoms with Crippen molar-refractivity contribution in [3.05, 3.63) is 36.4 Å². The Hall–Kier alpha value is -2.39. The number of methoxy groups -OCH3 is 2. The first-order chi connectivity index (χ1) is 12.8. The van der Waals surface area contributed by atoms with E-state index < -0.39 is 10.0 Å². The zero-order chi connectivity index (χ0) is 19.6. The zero-order valence-electron chi connectivity index (χ0n) is 15.1. The third-order valence-electron chi connectivity index (χ3n) is 3.94. The summed E-state index contributed by atoms with van der Waals surface area (Å²) in [5.74, 6) is 0.798.